The van der Waals surface area contributed by atoms with Gasteiger partial charge in [0, 0.05) is 6.42 Å². The van der Waals surface area contributed by atoms with E-state index in [1.165, 1.54) is 218 Å². The van der Waals surface area contributed by atoms with Crippen molar-refractivity contribution in [3.8, 4) is 0 Å². The highest BCUT2D eigenvalue weighted by Gasteiger charge is 2.44. The van der Waals surface area contributed by atoms with Crippen LogP contribution in [0, 0.1) is 0 Å². The molecule has 0 bridgehead atoms. The molecular weight excluding hydrogens is 1010 g/mol. The summed E-state index contributed by atoms with van der Waals surface area (Å²) in [4.78, 5) is 13.1. The van der Waals surface area contributed by atoms with Gasteiger partial charge in [0.25, 0.3) is 0 Å². The van der Waals surface area contributed by atoms with Gasteiger partial charge in [0.05, 0.1) is 25.4 Å². The summed E-state index contributed by atoms with van der Waals surface area (Å²) in [6, 6.07) is -0.826. The van der Waals surface area contributed by atoms with Gasteiger partial charge in [-0.3, -0.25) is 4.79 Å². The van der Waals surface area contributed by atoms with Crippen molar-refractivity contribution in [3.05, 3.63) is 85.1 Å². The largest absolute Gasteiger partial charge is 0.394 e. The van der Waals surface area contributed by atoms with Gasteiger partial charge in [-0.1, -0.05) is 311 Å². The molecule has 0 aromatic carbocycles. The minimum Gasteiger partial charge on any atom is -0.394 e. The lowest BCUT2D eigenvalue weighted by atomic mass is 9.99. The number of aliphatic hydroxyl groups is 5. The minimum atomic E-state index is -1.58. The topological polar surface area (TPSA) is 149 Å². The molecule has 0 saturated carbocycles. The van der Waals surface area contributed by atoms with E-state index < -0.39 is 49.5 Å². The molecule has 0 radical (unpaired) electrons. The van der Waals surface area contributed by atoms with Gasteiger partial charge in [-0.15, -0.1) is 0 Å². The summed E-state index contributed by atoms with van der Waals surface area (Å²) < 4.78 is 11.3. The van der Waals surface area contributed by atoms with Crippen LogP contribution in [0.2, 0.25) is 0 Å². The molecule has 1 heterocycles. The molecule has 81 heavy (non-hydrogen) atoms. The van der Waals surface area contributed by atoms with Crippen LogP contribution >= 0.6 is 0 Å². The number of carbonyl (C=O) groups excluding carboxylic acids is 1. The number of nitrogens with one attached hydrogen (secondary N) is 1. The van der Waals surface area contributed by atoms with E-state index in [-0.39, 0.29) is 12.5 Å². The highest BCUT2D eigenvalue weighted by Crippen LogP contribution is 2.23. The third-order valence-electron chi connectivity index (χ3n) is 16.0. The Morgan fingerprint density at radius 3 is 1.19 bits per heavy atom. The summed E-state index contributed by atoms with van der Waals surface area (Å²) in [7, 11) is 0. The fraction of sp³-hybridized carbons (Fsp3) is 0.792. The van der Waals surface area contributed by atoms with Crippen molar-refractivity contribution in [1.82, 2.24) is 5.32 Å². The monoisotopic (exact) mass is 1140 g/mol. The van der Waals surface area contributed by atoms with Crippen LogP contribution in [0.4, 0.5) is 0 Å². The number of rotatable bonds is 59. The normalized spacial score (nSPS) is 18.9. The van der Waals surface area contributed by atoms with E-state index in [1.54, 1.807) is 6.08 Å². The minimum absolute atomic E-state index is 0.185. The van der Waals surface area contributed by atoms with Gasteiger partial charge in [-0.05, 0) is 77.0 Å². The van der Waals surface area contributed by atoms with Gasteiger partial charge in [0.15, 0.2) is 6.29 Å². The van der Waals surface area contributed by atoms with E-state index in [2.05, 4.69) is 92.1 Å². The van der Waals surface area contributed by atoms with E-state index in [9.17, 15) is 30.3 Å². The van der Waals surface area contributed by atoms with Crippen LogP contribution in [-0.4, -0.2) is 87.5 Å². The number of allylic oxidation sites excluding steroid dienone is 13. The lowest BCUT2D eigenvalue weighted by Gasteiger charge is -2.40. The average Bonchev–Trinajstić information content (AvgIpc) is 3.50. The summed E-state index contributed by atoms with van der Waals surface area (Å²) in [5.74, 6) is -0.185. The maximum atomic E-state index is 13.1. The fourth-order valence-electron chi connectivity index (χ4n) is 10.6. The molecule has 1 fully saturated rings. The Morgan fingerprint density at radius 2 is 0.778 bits per heavy atom. The molecule has 6 N–H and O–H groups in total. The second kappa shape index (κ2) is 60.5. The Morgan fingerprint density at radius 1 is 0.432 bits per heavy atom. The van der Waals surface area contributed by atoms with Crippen molar-refractivity contribution >= 4 is 5.91 Å². The molecule has 9 heteroatoms. The van der Waals surface area contributed by atoms with Crippen LogP contribution < -0.4 is 5.32 Å². The number of hydrogen-bond donors (Lipinski definition) is 6. The molecule has 0 aromatic heterocycles. The predicted molar refractivity (Wildman–Crippen MR) is 345 cm³/mol. The zero-order chi connectivity index (χ0) is 58.6. The van der Waals surface area contributed by atoms with Crippen molar-refractivity contribution in [1.29, 1.82) is 0 Å². The Bertz CT molecular complexity index is 1550. The number of unbranched alkanes of at least 4 members (excludes halogenated alkanes) is 37. The van der Waals surface area contributed by atoms with E-state index >= 15 is 0 Å². The average molecular weight is 1140 g/mol. The van der Waals surface area contributed by atoms with Crippen molar-refractivity contribution in [2.24, 2.45) is 0 Å². The van der Waals surface area contributed by atoms with E-state index in [0.29, 0.717) is 6.42 Å². The van der Waals surface area contributed by atoms with Gasteiger partial charge in [0.1, 0.15) is 24.4 Å². The van der Waals surface area contributed by atoms with Crippen LogP contribution in [0.25, 0.3) is 0 Å². The maximum Gasteiger partial charge on any atom is 0.220 e. The van der Waals surface area contributed by atoms with Gasteiger partial charge >= 0.3 is 0 Å². The van der Waals surface area contributed by atoms with Gasteiger partial charge < -0.3 is 40.3 Å². The Labute approximate surface area is 499 Å². The van der Waals surface area contributed by atoms with Crippen molar-refractivity contribution < 1.29 is 39.8 Å². The second-order valence-electron chi connectivity index (χ2n) is 23.6. The summed E-state index contributed by atoms with van der Waals surface area (Å²) in [6.07, 6.45) is 79.7. The standard InChI is InChI=1S/C72H129NO8/c1-3-5-7-9-11-13-15-17-19-21-23-25-27-29-30-31-32-33-34-35-36-38-40-42-44-46-48-50-52-54-56-58-60-62-68(76)73-65(64-80-72-71(79)70(78)69(77)67(63-74)81-72)66(75)61-59-57-55-53-51-49-47-45-43-41-39-37-28-26-24-22-20-18-16-14-12-10-8-6-4-2/h5,7,11,13,17,19,23,25,29-30,51,53,59,61,65-67,69-72,74-75,77-79H,3-4,6,8-10,12,14-16,18,20-22,24,26-28,31-50,52,54-58,60,62-64H2,1-2H3,(H,73,76)/b7-5-,13-11-,19-17-,25-23-,30-29-,53-51+,61-59+. The first-order valence-corrected chi connectivity index (χ1v) is 34.3. The number of aliphatic hydroxyl groups excluding tert-OH is 5. The third kappa shape index (κ3) is 49.4. The number of ether oxygens (including phenoxy) is 2. The molecule has 7 unspecified atom stereocenters. The van der Waals surface area contributed by atoms with E-state index in [4.69, 9.17) is 9.47 Å². The highest BCUT2D eigenvalue weighted by atomic mass is 16.7. The smallest absolute Gasteiger partial charge is 0.220 e. The van der Waals surface area contributed by atoms with Crippen LogP contribution in [0.3, 0.4) is 0 Å². The quantitative estimate of drug-likeness (QED) is 0.0261. The van der Waals surface area contributed by atoms with Crippen molar-refractivity contribution in [2.45, 2.75) is 352 Å². The van der Waals surface area contributed by atoms with Gasteiger partial charge in [0.2, 0.25) is 5.91 Å². The summed E-state index contributed by atoms with van der Waals surface area (Å²) in [6.45, 7) is 3.68. The van der Waals surface area contributed by atoms with Crippen LogP contribution in [-0.2, 0) is 14.3 Å². The molecule has 0 spiro atoms. The lowest BCUT2D eigenvalue weighted by Crippen LogP contribution is -2.60. The Kier molecular flexibility index (Phi) is 57.0. The van der Waals surface area contributed by atoms with Gasteiger partial charge in [-0.2, -0.15) is 0 Å². The number of amides is 1. The number of hydrogen-bond acceptors (Lipinski definition) is 8. The zero-order valence-corrected chi connectivity index (χ0v) is 52.5. The molecule has 1 amide bonds. The van der Waals surface area contributed by atoms with Crippen LogP contribution in [0.1, 0.15) is 309 Å². The fourth-order valence-corrected chi connectivity index (χ4v) is 10.6. The first kappa shape index (κ1) is 76.4. The molecule has 0 aliphatic carbocycles. The van der Waals surface area contributed by atoms with Crippen LogP contribution in [0.5, 0.6) is 0 Å². The molecule has 0 aromatic rings. The molecule has 1 aliphatic heterocycles. The Hall–Kier alpha value is -2.63. The summed E-state index contributed by atoms with van der Waals surface area (Å²) >= 11 is 0. The first-order chi connectivity index (χ1) is 39.8. The SMILES string of the molecule is CC/C=C\C/C=C\C/C=C\C/C=C\C/C=C\CCCCCCCCCCCCCCCCCCCC(=O)NC(COC1OC(CO)C(O)C(O)C1O)C(O)/C=C/CC/C=C/CCCCCCCCCCCCCCCCCCCCC. The predicted octanol–water partition coefficient (Wildman–Crippen LogP) is 18.5. The molecule has 1 aliphatic rings. The van der Waals surface area contributed by atoms with Crippen molar-refractivity contribution in [3.63, 3.8) is 0 Å². The maximum absolute atomic E-state index is 13.1. The summed E-state index contributed by atoms with van der Waals surface area (Å²) in [5.41, 5.74) is 0. The molecule has 1 rings (SSSR count). The van der Waals surface area contributed by atoms with Crippen molar-refractivity contribution in [2.75, 3.05) is 13.2 Å². The molecule has 9 nitrogen and oxygen atoms in total. The van der Waals surface area contributed by atoms with E-state index in [0.717, 1.165) is 70.6 Å². The molecular formula is C72H129NO8. The van der Waals surface area contributed by atoms with Crippen LogP contribution in [0.15, 0.2) is 85.1 Å². The zero-order valence-electron chi connectivity index (χ0n) is 52.5. The van der Waals surface area contributed by atoms with Gasteiger partial charge in [-0.25, -0.2) is 0 Å². The molecule has 470 valence electrons. The summed E-state index contributed by atoms with van der Waals surface area (Å²) in [5, 5.41) is 54.7. The molecule has 1 saturated heterocycles. The Balaban J connectivity index is 2.15. The third-order valence-corrected chi connectivity index (χ3v) is 16.0. The van der Waals surface area contributed by atoms with E-state index in [1.807, 2.05) is 6.08 Å². The highest BCUT2D eigenvalue weighted by molar-refractivity contribution is 5.76. The molecule has 7 atom stereocenters. The lowest BCUT2D eigenvalue weighted by molar-refractivity contribution is -0.302. The second-order valence-corrected chi connectivity index (χ2v) is 23.6. The number of carbonyl (C=O) groups is 1. The first-order valence-electron chi connectivity index (χ1n) is 34.3.